The van der Waals surface area contributed by atoms with Crippen molar-refractivity contribution in [3.63, 3.8) is 0 Å². The zero-order chi connectivity index (χ0) is 20.2. The number of nitrogens with one attached hydrogen (secondary N) is 2. The number of rotatable bonds is 6. The summed E-state index contributed by atoms with van der Waals surface area (Å²) >= 11 is 0. The summed E-state index contributed by atoms with van der Waals surface area (Å²) < 4.78 is 25.0. The van der Waals surface area contributed by atoms with Crippen molar-refractivity contribution >= 4 is 41.0 Å². The zero-order valence-electron chi connectivity index (χ0n) is 14.5. The van der Waals surface area contributed by atoms with Crippen molar-refractivity contribution in [3.05, 3.63) is 36.0 Å². The summed E-state index contributed by atoms with van der Waals surface area (Å²) in [5, 5.41) is 21.9. The third-order valence-electron chi connectivity index (χ3n) is 3.48. The van der Waals surface area contributed by atoms with Crippen molar-refractivity contribution in [1.29, 1.82) is 0 Å². The Hall–Kier alpha value is -2.86. The largest absolute Gasteiger partial charge is 0.379 e. The molecule has 2 aromatic rings. The molecular formula is C15H16BN5O5S. The minimum Gasteiger partial charge on any atom is -0.379 e. The molecule has 0 saturated heterocycles. The maximum atomic E-state index is 12.5. The van der Waals surface area contributed by atoms with Gasteiger partial charge in [0.25, 0.3) is 11.8 Å². The Labute approximate surface area is 156 Å². The lowest BCUT2D eigenvalue weighted by atomic mass is 10.1. The van der Waals surface area contributed by atoms with E-state index in [2.05, 4.69) is 25.8 Å². The van der Waals surface area contributed by atoms with E-state index in [1.54, 1.807) is 0 Å². The first-order valence-electron chi connectivity index (χ1n) is 7.59. The van der Waals surface area contributed by atoms with Crippen LogP contribution in [0.2, 0.25) is 0 Å². The first-order valence-corrected chi connectivity index (χ1v) is 9.24. The summed E-state index contributed by atoms with van der Waals surface area (Å²) in [7, 11) is 2.70. The van der Waals surface area contributed by atoms with Gasteiger partial charge in [-0.05, 0) is 31.2 Å². The Bertz CT molecular complexity index is 946. The fraction of sp³-hybridized carbons (Fsp3) is 0.267. The molecule has 0 aliphatic carbocycles. The van der Waals surface area contributed by atoms with Crippen LogP contribution in [0, 0.1) is 0 Å². The molecule has 0 aliphatic rings. The molecule has 0 unspecified atom stereocenters. The highest BCUT2D eigenvalue weighted by molar-refractivity contribution is 7.91. The van der Waals surface area contributed by atoms with Crippen LogP contribution >= 0.6 is 0 Å². The number of benzene rings is 1. The summed E-state index contributed by atoms with van der Waals surface area (Å²) in [5.41, 5.74) is -2.10. The smallest absolute Gasteiger partial charge is 0.258 e. The fourth-order valence-corrected chi connectivity index (χ4v) is 3.66. The summed E-state index contributed by atoms with van der Waals surface area (Å²) in [5.74, 6) is -2.36. The van der Waals surface area contributed by atoms with Crippen LogP contribution in [0.5, 0.6) is 0 Å². The van der Waals surface area contributed by atoms with Gasteiger partial charge in [0.1, 0.15) is 0 Å². The number of sulfone groups is 1. The van der Waals surface area contributed by atoms with Crippen LogP contribution in [0.15, 0.2) is 35.4 Å². The number of nitrogens with zero attached hydrogens (tertiary/aromatic N) is 3. The zero-order valence-corrected chi connectivity index (χ0v) is 15.3. The first kappa shape index (κ1) is 20.5. The topological polar surface area (TPSA) is 151 Å². The first-order chi connectivity index (χ1) is 12.5. The van der Waals surface area contributed by atoms with Crippen LogP contribution in [-0.2, 0) is 14.6 Å². The monoisotopic (exact) mass is 389 g/mol. The lowest BCUT2D eigenvalue weighted by Gasteiger charge is -2.21. The third kappa shape index (κ3) is 5.08. The van der Waals surface area contributed by atoms with Crippen molar-refractivity contribution in [1.82, 2.24) is 20.5 Å². The molecule has 10 nitrogen and oxygen atoms in total. The average Bonchev–Trinajstić information content (AvgIpc) is 2.62. The molecule has 27 heavy (non-hydrogen) atoms. The van der Waals surface area contributed by atoms with Gasteiger partial charge in [-0.3, -0.25) is 9.59 Å². The van der Waals surface area contributed by atoms with Gasteiger partial charge in [-0.2, -0.15) is 0 Å². The minimum absolute atomic E-state index is 0.0956. The lowest BCUT2D eigenvalue weighted by molar-refractivity contribution is -0.130. The summed E-state index contributed by atoms with van der Waals surface area (Å²) in [4.78, 5) is 27.2. The van der Waals surface area contributed by atoms with Gasteiger partial charge >= 0.3 is 0 Å². The molecule has 2 rings (SSSR count). The second-order valence-electron chi connectivity index (χ2n) is 5.79. The Kier molecular flexibility index (Phi) is 5.91. The molecule has 3 N–H and O–H groups in total. The number of amides is 2. The van der Waals surface area contributed by atoms with Gasteiger partial charge in [-0.1, -0.05) is 0 Å². The molecule has 1 aromatic carbocycles. The summed E-state index contributed by atoms with van der Waals surface area (Å²) in [6, 6.07) is 5.11. The molecule has 0 spiro atoms. The molecule has 1 atom stereocenters. The molecular weight excluding hydrogens is 373 g/mol. The lowest BCUT2D eigenvalue weighted by Crippen LogP contribution is -2.46. The second kappa shape index (κ2) is 7.80. The van der Waals surface area contributed by atoms with Crippen LogP contribution < -0.4 is 16.4 Å². The van der Waals surface area contributed by atoms with Crippen molar-refractivity contribution in [3.8, 4) is 0 Å². The molecule has 0 aliphatic heterocycles. The minimum atomic E-state index is -4.03. The van der Waals surface area contributed by atoms with Crippen LogP contribution in [-0.4, -0.2) is 66.8 Å². The maximum absolute atomic E-state index is 12.5. The normalized spacial score (nSPS) is 13.4. The van der Waals surface area contributed by atoms with Gasteiger partial charge in [-0.25, -0.2) is 13.4 Å². The Morgan fingerprint density at radius 3 is 2.37 bits per heavy atom. The van der Waals surface area contributed by atoms with Crippen LogP contribution in [0.4, 0.5) is 5.82 Å². The average molecular weight is 389 g/mol. The Morgan fingerprint density at radius 1 is 1.22 bits per heavy atom. The number of hydrogen-bond acceptors (Lipinski definition) is 8. The van der Waals surface area contributed by atoms with Crippen molar-refractivity contribution in [2.75, 3.05) is 18.1 Å². The highest BCUT2D eigenvalue weighted by atomic mass is 32.2. The van der Waals surface area contributed by atoms with E-state index < -0.39 is 27.1 Å². The van der Waals surface area contributed by atoms with Gasteiger partial charge in [-0.15, -0.1) is 10.2 Å². The fourth-order valence-electron chi connectivity index (χ4n) is 2.07. The van der Waals surface area contributed by atoms with Gasteiger partial charge in [0, 0.05) is 12.6 Å². The highest BCUT2D eigenvalue weighted by Gasteiger charge is 2.37. The molecule has 12 heteroatoms. The van der Waals surface area contributed by atoms with E-state index in [0.29, 0.717) is 0 Å². The van der Waals surface area contributed by atoms with E-state index in [4.69, 9.17) is 7.85 Å². The Morgan fingerprint density at radius 2 is 1.85 bits per heavy atom. The third-order valence-corrected chi connectivity index (χ3v) is 5.42. The summed E-state index contributed by atoms with van der Waals surface area (Å²) in [6.07, 6.45) is 1.11. The number of hydrogen-bond donors (Lipinski definition) is 3. The second-order valence-corrected chi connectivity index (χ2v) is 7.78. The number of aromatic nitrogens is 3. The predicted octanol–water partition coefficient (Wildman–Crippen LogP) is -1.81. The summed E-state index contributed by atoms with van der Waals surface area (Å²) in [6.45, 7) is 1.05. The van der Waals surface area contributed by atoms with Gasteiger partial charge in [0.15, 0.2) is 29.1 Å². The number of aliphatic hydroxyl groups is 1. The maximum Gasteiger partial charge on any atom is 0.258 e. The predicted molar refractivity (Wildman–Crippen MR) is 96.4 cm³/mol. The van der Waals surface area contributed by atoms with E-state index in [0.717, 1.165) is 13.1 Å². The van der Waals surface area contributed by atoms with Crippen LogP contribution in [0.3, 0.4) is 0 Å². The number of carbonyl (C=O) groups excluding carboxylic acids is 2. The molecule has 2 radical (unpaired) electrons. The van der Waals surface area contributed by atoms with E-state index in [1.807, 2.05) is 0 Å². The molecule has 1 heterocycles. The number of anilines is 1. The van der Waals surface area contributed by atoms with E-state index in [9.17, 15) is 23.1 Å². The van der Waals surface area contributed by atoms with Gasteiger partial charge in [0.2, 0.25) is 0 Å². The number of carbonyl (C=O) groups is 2. The van der Waals surface area contributed by atoms with Crippen LogP contribution in [0.25, 0.3) is 0 Å². The molecule has 1 aromatic heterocycles. The van der Waals surface area contributed by atoms with Crippen molar-refractivity contribution in [2.45, 2.75) is 17.4 Å². The van der Waals surface area contributed by atoms with Crippen molar-refractivity contribution < 1.29 is 23.1 Å². The standard InChI is InChI=1S/C15H16BN5O5S/c1-15(24,13(23)19-11-7-18-14(16)21-20-11)8-27(25,26)10-5-3-9(4-6-10)12(22)17-2/h3-7,24H,8H2,1-2H3,(H,17,22)(H,19,20,23)/t15-/m0/s1. The molecule has 0 bridgehead atoms. The van der Waals surface area contributed by atoms with Gasteiger partial charge in [0.05, 0.1) is 22.6 Å². The molecule has 2 amide bonds. The SMILES string of the molecule is [B]c1ncc(NC(=O)[C@@](C)(O)CS(=O)(=O)c2ccc(C(=O)NC)cc2)nn1. The molecule has 0 fully saturated rings. The molecule has 140 valence electrons. The molecule has 0 saturated carbocycles. The van der Waals surface area contributed by atoms with Crippen molar-refractivity contribution in [2.24, 2.45) is 0 Å². The van der Waals surface area contributed by atoms with E-state index >= 15 is 0 Å². The highest BCUT2D eigenvalue weighted by Crippen LogP contribution is 2.19. The van der Waals surface area contributed by atoms with E-state index in [-0.39, 0.29) is 27.9 Å². The van der Waals surface area contributed by atoms with Gasteiger partial charge < -0.3 is 15.7 Å². The Balaban J connectivity index is 2.15. The van der Waals surface area contributed by atoms with Crippen LogP contribution in [0.1, 0.15) is 17.3 Å². The quantitative estimate of drug-likeness (QED) is 0.489. The van der Waals surface area contributed by atoms with E-state index in [1.165, 1.54) is 31.3 Å².